The standard InChI is InChI=1S/C11H19NO3/c1-3-6-12(7-11(13)14)10(8-15-2)9-4-5-9/h3,9-10H,1,4-8H2,2H3,(H,13,14). The summed E-state index contributed by atoms with van der Waals surface area (Å²) >= 11 is 0. The summed E-state index contributed by atoms with van der Waals surface area (Å²) in [6.45, 7) is 4.93. The van der Waals surface area contributed by atoms with Crippen LogP contribution >= 0.6 is 0 Å². The number of hydrogen-bond acceptors (Lipinski definition) is 3. The van der Waals surface area contributed by atoms with E-state index in [4.69, 9.17) is 9.84 Å². The summed E-state index contributed by atoms with van der Waals surface area (Å²) < 4.78 is 5.15. The van der Waals surface area contributed by atoms with Gasteiger partial charge in [-0.3, -0.25) is 9.69 Å². The van der Waals surface area contributed by atoms with Gasteiger partial charge >= 0.3 is 5.97 Å². The third-order valence-electron chi connectivity index (χ3n) is 2.67. The minimum Gasteiger partial charge on any atom is -0.480 e. The number of methoxy groups -OCH3 is 1. The number of carboxylic acid groups (broad SMARTS) is 1. The summed E-state index contributed by atoms with van der Waals surface area (Å²) in [7, 11) is 1.65. The minimum atomic E-state index is -0.793. The molecule has 15 heavy (non-hydrogen) atoms. The molecule has 1 unspecified atom stereocenters. The maximum atomic E-state index is 10.7. The Balaban J connectivity index is 2.55. The molecule has 0 aromatic rings. The minimum absolute atomic E-state index is 0.0660. The highest BCUT2D eigenvalue weighted by Crippen LogP contribution is 2.35. The lowest BCUT2D eigenvalue weighted by Crippen LogP contribution is -2.43. The second-order valence-corrected chi connectivity index (χ2v) is 3.97. The second-order valence-electron chi connectivity index (χ2n) is 3.97. The number of hydrogen-bond donors (Lipinski definition) is 1. The summed E-state index contributed by atoms with van der Waals surface area (Å²) in [6, 6.07) is 0.226. The number of rotatable bonds is 8. The molecule has 1 fully saturated rings. The second kappa shape index (κ2) is 5.88. The van der Waals surface area contributed by atoms with Gasteiger partial charge in [0, 0.05) is 19.7 Å². The van der Waals surface area contributed by atoms with Crippen LogP contribution in [0.3, 0.4) is 0 Å². The van der Waals surface area contributed by atoms with E-state index in [2.05, 4.69) is 6.58 Å². The molecule has 0 saturated heterocycles. The Morgan fingerprint density at radius 3 is 2.80 bits per heavy atom. The normalized spacial score (nSPS) is 17.7. The molecule has 1 rings (SSSR count). The van der Waals surface area contributed by atoms with Crippen molar-refractivity contribution < 1.29 is 14.6 Å². The van der Waals surface area contributed by atoms with Crippen molar-refractivity contribution in [2.45, 2.75) is 18.9 Å². The van der Waals surface area contributed by atoms with Gasteiger partial charge in [-0.1, -0.05) is 6.08 Å². The Hall–Kier alpha value is -0.870. The number of carboxylic acids is 1. The van der Waals surface area contributed by atoms with E-state index in [-0.39, 0.29) is 12.6 Å². The first kappa shape index (κ1) is 12.2. The number of nitrogens with zero attached hydrogens (tertiary/aromatic N) is 1. The predicted octanol–water partition coefficient (Wildman–Crippen LogP) is 0.984. The zero-order chi connectivity index (χ0) is 11.3. The Morgan fingerprint density at radius 2 is 2.40 bits per heavy atom. The average Bonchev–Trinajstić information content (AvgIpc) is 2.96. The molecule has 0 amide bonds. The van der Waals surface area contributed by atoms with E-state index in [1.54, 1.807) is 13.2 Å². The number of ether oxygens (including phenoxy) is 1. The number of aliphatic carboxylic acids is 1. The van der Waals surface area contributed by atoms with E-state index in [0.29, 0.717) is 19.1 Å². The Morgan fingerprint density at radius 1 is 1.73 bits per heavy atom. The molecule has 0 aromatic carbocycles. The van der Waals surface area contributed by atoms with Gasteiger partial charge in [0.1, 0.15) is 0 Å². The van der Waals surface area contributed by atoms with E-state index in [1.807, 2.05) is 4.90 Å². The lowest BCUT2D eigenvalue weighted by atomic mass is 10.1. The largest absolute Gasteiger partial charge is 0.480 e. The van der Waals surface area contributed by atoms with Gasteiger partial charge < -0.3 is 9.84 Å². The molecule has 0 spiro atoms. The van der Waals surface area contributed by atoms with Crippen LogP contribution in [0.2, 0.25) is 0 Å². The van der Waals surface area contributed by atoms with Crippen molar-refractivity contribution in [2.24, 2.45) is 5.92 Å². The van der Waals surface area contributed by atoms with Crippen LogP contribution in [0.5, 0.6) is 0 Å². The molecule has 0 aromatic heterocycles. The molecule has 0 aliphatic heterocycles. The topological polar surface area (TPSA) is 49.8 Å². The average molecular weight is 213 g/mol. The van der Waals surface area contributed by atoms with E-state index in [0.717, 1.165) is 0 Å². The molecule has 0 heterocycles. The van der Waals surface area contributed by atoms with Gasteiger partial charge in [-0.25, -0.2) is 0 Å². The van der Waals surface area contributed by atoms with Gasteiger partial charge in [-0.2, -0.15) is 0 Å². The molecule has 4 heteroatoms. The molecule has 1 N–H and O–H groups in total. The van der Waals surface area contributed by atoms with Crippen molar-refractivity contribution in [3.05, 3.63) is 12.7 Å². The maximum Gasteiger partial charge on any atom is 0.317 e. The first-order chi connectivity index (χ1) is 7.19. The van der Waals surface area contributed by atoms with Gasteiger partial charge in [-0.15, -0.1) is 6.58 Å². The molecule has 1 atom stereocenters. The molecular weight excluding hydrogens is 194 g/mol. The third-order valence-corrected chi connectivity index (χ3v) is 2.67. The van der Waals surface area contributed by atoms with Crippen LogP contribution in [0.15, 0.2) is 12.7 Å². The van der Waals surface area contributed by atoms with E-state index in [1.165, 1.54) is 12.8 Å². The summed E-state index contributed by atoms with van der Waals surface area (Å²) in [5.41, 5.74) is 0. The first-order valence-electron chi connectivity index (χ1n) is 5.24. The zero-order valence-corrected chi connectivity index (χ0v) is 9.19. The van der Waals surface area contributed by atoms with Crippen LogP contribution in [0.4, 0.5) is 0 Å². The fourth-order valence-electron chi connectivity index (χ4n) is 1.85. The molecule has 86 valence electrons. The Kier molecular flexibility index (Phi) is 4.78. The molecule has 1 saturated carbocycles. The third kappa shape index (κ3) is 4.01. The van der Waals surface area contributed by atoms with E-state index >= 15 is 0 Å². The predicted molar refractivity (Wildman–Crippen MR) is 57.8 cm³/mol. The highest BCUT2D eigenvalue weighted by atomic mass is 16.5. The summed E-state index contributed by atoms with van der Waals surface area (Å²) in [6.07, 6.45) is 4.11. The zero-order valence-electron chi connectivity index (χ0n) is 9.19. The van der Waals surface area contributed by atoms with Gasteiger partial charge in [0.05, 0.1) is 13.2 Å². The fraction of sp³-hybridized carbons (Fsp3) is 0.727. The maximum absolute atomic E-state index is 10.7. The first-order valence-corrected chi connectivity index (χ1v) is 5.24. The van der Waals surface area contributed by atoms with Gasteiger partial charge in [0.15, 0.2) is 0 Å². The lowest BCUT2D eigenvalue weighted by Gasteiger charge is -2.28. The van der Waals surface area contributed by atoms with Gasteiger partial charge in [-0.05, 0) is 18.8 Å². The van der Waals surface area contributed by atoms with Gasteiger partial charge in [0.2, 0.25) is 0 Å². The quantitative estimate of drug-likeness (QED) is 0.611. The van der Waals surface area contributed by atoms with Crippen LogP contribution in [0.1, 0.15) is 12.8 Å². The van der Waals surface area contributed by atoms with Crippen LogP contribution in [0, 0.1) is 5.92 Å². The summed E-state index contributed by atoms with van der Waals surface area (Å²) in [5, 5.41) is 8.81. The summed E-state index contributed by atoms with van der Waals surface area (Å²) in [4.78, 5) is 12.6. The molecule has 4 nitrogen and oxygen atoms in total. The van der Waals surface area contributed by atoms with Crippen LogP contribution in [-0.2, 0) is 9.53 Å². The highest BCUT2D eigenvalue weighted by Gasteiger charge is 2.35. The van der Waals surface area contributed by atoms with Crippen molar-refractivity contribution in [3.8, 4) is 0 Å². The van der Waals surface area contributed by atoms with E-state index in [9.17, 15) is 4.79 Å². The van der Waals surface area contributed by atoms with Crippen molar-refractivity contribution in [3.63, 3.8) is 0 Å². The van der Waals surface area contributed by atoms with Crippen molar-refractivity contribution in [2.75, 3.05) is 26.8 Å². The summed E-state index contributed by atoms with van der Waals surface area (Å²) in [5.74, 6) is -0.192. The molecule has 1 aliphatic rings. The Bertz CT molecular complexity index is 226. The van der Waals surface area contributed by atoms with Crippen molar-refractivity contribution in [1.82, 2.24) is 4.90 Å². The highest BCUT2D eigenvalue weighted by molar-refractivity contribution is 5.69. The van der Waals surface area contributed by atoms with Crippen molar-refractivity contribution in [1.29, 1.82) is 0 Å². The van der Waals surface area contributed by atoms with Gasteiger partial charge in [0.25, 0.3) is 0 Å². The molecular formula is C11H19NO3. The van der Waals surface area contributed by atoms with Crippen LogP contribution < -0.4 is 0 Å². The number of carbonyl (C=O) groups is 1. The molecule has 0 radical (unpaired) electrons. The lowest BCUT2D eigenvalue weighted by molar-refractivity contribution is -0.139. The Labute approximate surface area is 90.5 Å². The monoisotopic (exact) mass is 213 g/mol. The fourth-order valence-corrected chi connectivity index (χ4v) is 1.85. The van der Waals surface area contributed by atoms with Crippen molar-refractivity contribution >= 4 is 5.97 Å². The molecule has 0 bridgehead atoms. The SMILES string of the molecule is C=CCN(CC(=O)O)C(COC)C1CC1. The van der Waals surface area contributed by atoms with E-state index < -0.39 is 5.97 Å². The van der Waals surface area contributed by atoms with Crippen LogP contribution in [0.25, 0.3) is 0 Å². The molecule has 1 aliphatic carbocycles. The van der Waals surface area contributed by atoms with Crippen LogP contribution in [-0.4, -0.2) is 48.8 Å². The smallest absolute Gasteiger partial charge is 0.317 e.